The maximum absolute atomic E-state index is 14.0. The molecule has 0 aromatic heterocycles. The van der Waals surface area contributed by atoms with E-state index < -0.39 is 0 Å². The Morgan fingerprint density at radius 2 is 2.37 bits per heavy atom. The monoisotopic (exact) mass is 285 g/mol. The van der Waals surface area contributed by atoms with Crippen LogP contribution in [-0.2, 0) is 4.74 Å². The van der Waals surface area contributed by atoms with Gasteiger partial charge in [0.15, 0.2) is 0 Å². The summed E-state index contributed by atoms with van der Waals surface area (Å²) in [6.45, 7) is 3.67. The Bertz CT molecular complexity index is 387. The first-order chi connectivity index (χ1) is 9.22. The van der Waals surface area contributed by atoms with Crippen LogP contribution in [0, 0.1) is 5.82 Å². The predicted octanol–water partition coefficient (Wildman–Crippen LogP) is 4.09. The highest BCUT2D eigenvalue weighted by Crippen LogP contribution is 2.30. The minimum Gasteiger partial charge on any atom is -0.378 e. The first kappa shape index (κ1) is 14.8. The molecule has 0 radical (unpaired) electrons. The molecule has 2 unspecified atom stereocenters. The van der Waals surface area contributed by atoms with Crippen LogP contribution in [0.25, 0.3) is 0 Å². The van der Waals surface area contributed by atoms with Gasteiger partial charge in [0.05, 0.1) is 6.10 Å². The minimum atomic E-state index is -0.231. The van der Waals surface area contributed by atoms with Gasteiger partial charge in [0.2, 0.25) is 0 Å². The molecule has 106 valence electrons. The molecule has 19 heavy (non-hydrogen) atoms. The zero-order chi connectivity index (χ0) is 13.7. The molecule has 0 spiro atoms. The second-order valence-corrected chi connectivity index (χ2v) is 5.37. The van der Waals surface area contributed by atoms with Crippen LogP contribution < -0.4 is 5.32 Å². The van der Waals surface area contributed by atoms with Crippen molar-refractivity contribution in [2.24, 2.45) is 0 Å². The van der Waals surface area contributed by atoms with Crippen molar-refractivity contribution in [2.45, 2.75) is 44.8 Å². The Hall–Kier alpha value is -0.640. The molecular weight excluding hydrogens is 265 g/mol. The van der Waals surface area contributed by atoms with E-state index in [0.29, 0.717) is 16.7 Å². The van der Waals surface area contributed by atoms with E-state index in [9.17, 15) is 4.39 Å². The van der Waals surface area contributed by atoms with Gasteiger partial charge in [-0.15, -0.1) is 0 Å². The third-order valence-corrected chi connectivity index (χ3v) is 3.93. The number of hydrogen-bond donors (Lipinski definition) is 1. The van der Waals surface area contributed by atoms with Crippen molar-refractivity contribution >= 4 is 11.6 Å². The summed E-state index contributed by atoms with van der Waals surface area (Å²) < 4.78 is 19.6. The lowest BCUT2D eigenvalue weighted by Crippen LogP contribution is -2.23. The van der Waals surface area contributed by atoms with Crippen LogP contribution >= 0.6 is 11.6 Å². The lowest BCUT2D eigenvalue weighted by molar-refractivity contribution is 0.0995. The molecule has 4 heteroatoms. The zero-order valence-electron chi connectivity index (χ0n) is 11.3. The zero-order valence-corrected chi connectivity index (χ0v) is 12.0. The van der Waals surface area contributed by atoms with E-state index in [0.717, 1.165) is 38.8 Å². The molecule has 1 aliphatic rings. The summed E-state index contributed by atoms with van der Waals surface area (Å²) in [5.74, 6) is -0.231. The fourth-order valence-electron chi connectivity index (χ4n) is 2.66. The lowest BCUT2D eigenvalue weighted by Gasteiger charge is -2.21. The number of ether oxygens (including phenoxy) is 1. The van der Waals surface area contributed by atoms with E-state index in [1.165, 1.54) is 6.07 Å². The van der Waals surface area contributed by atoms with Gasteiger partial charge in [-0.3, -0.25) is 0 Å². The normalized spacial score (nSPS) is 20.7. The van der Waals surface area contributed by atoms with E-state index in [2.05, 4.69) is 5.32 Å². The summed E-state index contributed by atoms with van der Waals surface area (Å²) in [6.07, 6.45) is 4.37. The van der Waals surface area contributed by atoms with Crippen LogP contribution in [-0.4, -0.2) is 19.3 Å². The molecule has 2 nitrogen and oxygen atoms in total. The molecule has 2 atom stereocenters. The van der Waals surface area contributed by atoms with Crippen LogP contribution in [0.2, 0.25) is 5.02 Å². The summed E-state index contributed by atoms with van der Waals surface area (Å²) in [5, 5.41) is 3.82. The first-order valence-corrected chi connectivity index (χ1v) is 7.39. The maximum atomic E-state index is 14.0. The second kappa shape index (κ2) is 7.22. The molecule has 1 saturated heterocycles. The van der Waals surface area contributed by atoms with Crippen LogP contribution in [0.4, 0.5) is 4.39 Å². The summed E-state index contributed by atoms with van der Waals surface area (Å²) in [4.78, 5) is 0. The molecular formula is C15H21ClFNO. The Morgan fingerprint density at radius 1 is 1.53 bits per heavy atom. The molecule has 1 heterocycles. The van der Waals surface area contributed by atoms with Gasteiger partial charge < -0.3 is 10.1 Å². The number of hydrogen-bond acceptors (Lipinski definition) is 2. The Labute approximate surface area is 119 Å². The molecule has 1 aromatic carbocycles. The number of benzene rings is 1. The third kappa shape index (κ3) is 3.91. The second-order valence-electron chi connectivity index (χ2n) is 4.96. The van der Waals surface area contributed by atoms with Gasteiger partial charge in [-0.1, -0.05) is 24.6 Å². The quantitative estimate of drug-likeness (QED) is 0.850. The standard InChI is InChI=1S/C15H21ClFNO/c1-2-18-14(9-8-11-5-4-10-19-11)15-12(16)6-3-7-13(15)17/h3,6-7,11,14,18H,2,4-5,8-10H2,1H3. The van der Waals surface area contributed by atoms with Gasteiger partial charge in [-0.05, 0) is 44.4 Å². The summed E-state index contributed by atoms with van der Waals surface area (Å²) in [7, 11) is 0. The minimum absolute atomic E-state index is 0.0390. The number of halogens is 2. The van der Waals surface area contributed by atoms with Crippen LogP contribution in [0.15, 0.2) is 18.2 Å². The Morgan fingerprint density at radius 3 is 3.00 bits per heavy atom. The highest BCUT2D eigenvalue weighted by Gasteiger charge is 2.21. The summed E-state index contributed by atoms with van der Waals surface area (Å²) >= 11 is 6.14. The molecule has 1 fully saturated rings. The smallest absolute Gasteiger partial charge is 0.129 e. The largest absolute Gasteiger partial charge is 0.378 e. The molecule has 1 aliphatic heterocycles. The van der Waals surface area contributed by atoms with E-state index in [1.807, 2.05) is 6.92 Å². The molecule has 1 aromatic rings. The summed E-state index contributed by atoms with van der Waals surface area (Å²) in [6, 6.07) is 4.82. The van der Waals surface area contributed by atoms with Crippen molar-refractivity contribution in [3.8, 4) is 0 Å². The molecule has 0 amide bonds. The molecule has 0 bridgehead atoms. The molecule has 1 N–H and O–H groups in total. The van der Waals surface area contributed by atoms with Gasteiger partial charge in [0, 0.05) is 23.2 Å². The number of rotatable bonds is 6. The van der Waals surface area contributed by atoms with E-state index in [1.54, 1.807) is 12.1 Å². The van der Waals surface area contributed by atoms with Gasteiger partial charge in [-0.2, -0.15) is 0 Å². The molecule has 0 saturated carbocycles. The fourth-order valence-corrected chi connectivity index (χ4v) is 2.96. The van der Waals surface area contributed by atoms with Crippen molar-refractivity contribution in [2.75, 3.05) is 13.2 Å². The van der Waals surface area contributed by atoms with Gasteiger partial charge >= 0.3 is 0 Å². The average Bonchev–Trinajstić information content (AvgIpc) is 2.88. The van der Waals surface area contributed by atoms with E-state index >= 15 is 0 Å². The van der Waals surface area contributed by atoms with Crippen molar-refractivity contribution in [1.82, 2.24) is 5.32 Å². The van der Waals surface area contributed by atoms with Crippen molar-refractivity contribution in [3.63, 3.8) is 0 Å². The van der Waals surface area contributed by atoms with Crippen LogP contribution in [0.3, 0.4) is 0 Å². The molecule has 0 aliphatic carbocycles. The maximum Gasteiger partial charge on any atom is 0.129 e. The lowest BCUT2D eigenvalue weighted by atomic mass is 9.98. The molecule has 2 rings (SSSR count). The summed E-state index contributed by atoms with van der Waals surface area (Å²) in [5.41, 5.74) is 0.587. The van der Waals surface area contributed by atoms with Crippen LogP contribution in [0.5, 0.6) is 0 Å². The van der Waals surface area contributed by atoms with E-state index in [4.69, 9.17) is 16.3 Å². The van der Waals surface area contributed by atoms with E-state index in [-0.39, 0.29) is 11.9 Å². The highest BCUT2D eigenvalue weighted by atomic mass is 35.5. The Kier molecular flexibility index (Phi) is 5.61. The number of nitrogens with one attached hydrogen (secondary N) is 1. The van der Waals surface area contributed by atoms with Crippen molar-refractivity contribution in [1.29, 1.82) is 0 Å². The average molecular weight is 286 g/mol. The first-order valence-electron chi connectivity index (χ1n) is 7.01. The van der Waals surface area contributed by atoms with Gasteiger partial charge in [0.25, 0.3) is 0 Å². The van der Waals surface area contributed by atoms with Crippen molar-refractivity contribution in [3.05, 3.63) is 34.6 Å². The van der Waals surface area contributed by atoms with Gasteiger partial charge in [0.1, 0.15) is 5.82 Å². The fraction of sp³-hybridized carbons (Fsp3) is 0.600. The van der Waals surface area contributed by atoms with Crippen LogP contribution in [0.1, 0.15) is 44.2 Å². The van der Waals surface area contributed by atoms with Crippen molar-refractivity contribution < 1.29 is 9.13 Å². The topological polar surface area (TPSA) is 21.3 Å². The Balaban J connectivity index is 2.05. The predicted molar refractivity (Wildman–Crippen MR) is 76.0 cm³/mol. The third-order valence-electron chi connectivity index (χ3n) is 3.60. The van der Waals surface area contributed by atoms with Gasteiger partial charge in [-0.25, -0.2) is 4.39 Å². The SMILES string of the molecule is CCNC(CCC1CCCO1)c1c(F)cccc1Cl. The highest BCUT2D eigenvalue weighted by molar-refractivity contribution is 6.31.